The Kier molecular flexibility index (Phi) is 14.6. The van der Waals surface area contributed by atoms with E-state index < -0.39 is 0 Å². The molecule has 1 aliphatic rings. The Balaban J connectivity index is 0.000000258. The minimum absolute atomic E-state index is 0. The second kappa shape index (κ2) is 16.8. The molecule has 0 spiro atoms. The fourth-order valence-electron chi connectivity index (χ4n) is 5.58. The van der Waals surface area contributed by atoms with E-state index >= 15 is 0 Å². The molecule has 0 saturated heterocycles. The van der Waals surface area contributed by atoms with Gasteiger partial charge in [0.05, 0.1) is 0 Å². The molecule has 1 unspecified atom stereocenters. The van der Waals surface area contributed by atoms with Gasteiger partial charge in [0.1, 0.15) is 0 Å². The van der Waals surface area contributed by atoms with Crippen molar-refractivity contribution < 1.29 is 49.0 Å². The molecule has 0 bridgehead atoms. The summed E-state index contributed by atoms with van der Waals surface area (Å²) in [5, 5.41) is 5.56. The molecule has 47 heavy (non-hydrogen) atoms. The van der Waals surface area contributed by atoms with Crippen LogP contribution in [0.2, 0.25) is 0 Å². The first-order chi connectivity index (χ1) is 21.1. The molecular formula is C44H50Cl2Zr-2. The van der Waals surface area contributed by atoms with Crippen LogP contribution in [0.4, 0.5) is 0 Å². The van der Waals surface area contributed by atoms with Gasteiger partial charge in [0.15, 0.2) is 0 Å². The van der Waals surface area contributed by atoms with Crippen LogP contribution >= 0.6 is 0 Å². The van der Waals surface area contributed by atoms with Crippen molar-refractivity contribution in [2.45, 2.75) is 80.1 Å². The van der Waals surface area contributed by atoms with E-state index in [4.69, 9.17) is 0 Å². The van der Waals surface area contributed by atoms with Crippen molar-refractivity contribution in [3.63, 3.8) is 0 Å². The van der Waals surface area contributed by atoms with Crippen molar-refractivity contribution in [2.24, 2.45) is 11.3 Å². The van der Waals surface area contributed by atoms with Crippen LogP contribution in [-0.4, -0.2) is 3.21 Å². The van der Waals surface area contributed by atoms with Crippen molar-refractivity contribution in [3.8, 4) is 0 Å². The summed E-state index contributed by atoms with van der Waals surface area (Å²) in [5.41, 5.74) is 7.59. The topological polar surface area (TPSA) is 0 Å². The van der Waals surface area contributed by atoms with Crippen LogP contribution in [0.1, 0.15) is 91.5 Å². The molecule has 3 heteroatoms. The molecule has 0 heterocycles. The first-order valence-corrected chi connectivity index (χ1v) is 17.4. The van der Waals surface area contributed by atoms with Crippen LogP contribution in [0.3, 0.4) is 0 Å². The molecule has 1 atom stereocenters. The molecule has 0 amide bonds. The summed E-state index contributed by atoms with van der Waals surface area (Å²) in [6.07, 6.45) is 7.65. The SMILES string of the molecule is CC(C)(C)c1ccc2[cH-]c3cccc(C(C)(C)C)c3c2c1.CC1[C-]=CC(C(C)(C)C)=C1.[Cl-].[Cl-].[Zr+2]=[C](c1ccccc1)c1ccccc1. The number of benzene rings is 4. The fraction of sp³-hybridized carbons (Fsp3) is 0.318. The van der Waals surface area contributed by atoms with Crippen molar-refractivity contribution in [3.05, 3.63) is 149 Å². The summed E-state index contributed by atoms with van der Waals surface area (Å²) in [6.45, 7) is 22.6. The zero-order valence-electron chi connectivity index (χ0n) is 29.8. The van der Waals surface area contributed by atoms with Gasteiger partial charge >= 0.3 is 99.2 Å². The number of halogens is 2. The second-order valence-electron chi connectivity index (χ2n) is 15.3. The standard InChI is InChI=1S/C21H25.C13H10.C10H15.2ClH.Zr/c1-20(2,3)16-11-10-14-12-15-8-7-9-18(21(4,5)6)19(15)17(14)13-16;1-3-7-12(8-4-1)11-13-9-5-2-6-10-13;1-8-5-6-9(7-8)10(2,3)4;;;/h7-13H,1-6H3;1-10H;6-8H,1-4H3;2*1H;/q-1;;-1;;;+2/p-2. The van der Waals surface area contributed by atoms with Gasteiger partial charge in [-0.05, 0) is 10.8 Å². The van der Waals surface area contributed by atoms with E-state index in [2.05, 4.69) is 191 Å². The molecule has 0 aromatic heterocycles. The Morgan fingerprint density at radius 2 is 1.19 bits per heavy atom. The van der Waals surface area contributed by atoms with E-state index in [1.807, 2.05) is 0 Å². The summed E-state index contributed by atoms with van der Waals surface area (Å²) in [7, 11) is 0. The zero-order valence-corrected chi connectivity index (χ0v) is 33.8. The molecule has 0 radical (unpaired) electrons. The fourth-order valence-corrected chi connectivity index (χ4v) is 6.40. The van der Waals surface area contributed by atoms with E-state index in [-0.39, 0.29) is 35.6 Å². The first-order valence-electron chi connectivity index (χ1n) is 16.2. The third-order valence-corrected chi connectivity index (χ3v) is 9.75. The molecule has 5 aromatic rings. The van der Waals surface area contributed by atoms with Gasteiger partial charge in [0.25, 0.3) is 0 Å². The number of fused-ring (bicyclic) bond motifs is 3. The summed E-state index contributed by atoms with van der Waals surface area (Å²) in [6, 6.07) is 37.1. The normalized spacial score (nSPS) is 14.2. The van der Waals surface area contributed by atoms with Gasteiger partial charge in [-0.2, -0.15) is 11.6 Å². The third-order valence-electron chi connectivity index (χ3n) is 8.33. The number of hydrogen-bond donors (Lipinski definition) is 0. The molecule has 0 saturated carbocycles. The molecule has 6 rings (SSSR count). The summed E-state index contributed by atoms with van der Waals surface area (Å²) < 4.78 is 1.42. The monoisotopic (exact) mass is 738 g/mol. The quantitative estimate of drug-likeness (QED) is 0.193. The first kappa shape index (κ1) is 40.7. The summed E-state index contributed by atoms with van der Waals surface area (Å²) in [5.74, 6) is 0.522. The maximum atomic E-state index is 3.26. The van der Waals surface area contributed by atoms with Crippen molar-refractivity contribution in [2.75, 3.05) is 0 Å². The molecule has 0 nitrogen and oxygen atoms in total. The number of rotatable bonds is 2. The van der Waals surface area contributed by atoms with Gasteiger partial charge in [-0.15, -0.1) is 39.7 Å². The van der Waals surface area contributed by atoms with Gasteiger partial charge in [0.2, 0.25) is 0 Å². The van der Waals surface area contributed by atoms with Gasteiger partial charge < -0.3 is 24.8 Å². The molecule has 0 aliphatic heterocycles. The van der Waals surface area contributed by atoms with Crippen LogP contribution < -0.4 is 24.8 Å². The number of hydrogen-bond acceptors (Lipinski definition) is 0. The Morgan fingerprint density at radius 3 is 1.62 bits per heavy atom. The molecule has 246 valence electrons. The average molecular weight is 741 g/mol. The second-order valence-corrected chi connectivity index (χ2v) is 16.5. The Morgan fingerprint density at radius 1 is 0.638 bits per heavy atom. The maximum absolute atomic E-state index is 3.26. The van der Waals surface area contributed by atoms with Crippen LogP contribution in [0.15, 0.2) is 121 Å². The van der Waals surface area contributed by atoms with E-state index in [1.165, 1.54) is 76.8 Å². The van der Waals surface area contributed by atoms with Crippen LogP contribution in [-0.2, 0) is 35.1 Å². The molecule has 0 N–H and O–H groups in total. The van der Waals surface area contributed by atoms with Crippen LogP contribution in [0.5, 0.6) is 0 Å². The Labute approximate surface area is 312 Å². The Bertz CT molecular complexity index is 1760. The zero-order chi connectivity index (χ0) is 33.0. The van der Waals surface area contributed by atoms with Crippen LogP contribution in [0, 0.1) is 17.4 Å². The molecular weight excluding hydrogens is 691 g/mol. The molecule has 5 aromatic carbocycles. The van der Waals surface area contributed by atoms with Crippen molar-refractivity contribution >= 4 is 24.8 Å². The van der Waals surface area contributed by atoms with Gasteiger partial charge in [-0.1, -0.05) is 116 Å². The van der Waals surface area contributed by atoms with Crippen LogP contribution in [0.25, 0.3) is 21.5 Å². The van der Waals surface area contributed by atoms with Crippen molar-refractivity contribution in [1.82, 2.24) is 0 Å². The molecule has 0 fully saturated rings. The van der Waals surface area contributed by atoms with E-state index in [1.54, 1.807) is 0 Å². The van der Waals surface area contributed by atoms with E-state index in [0.29, 0.717) is 11.3 Å². The third kappa shape index (κ3) is 10.8. The summed E-state index contributed by atoms with van der Waals surface area (Å²) >= 11 is 1.46. The summed E-state index contributed by atoms with van der Waals surface area (Å²) in [4.78, 5) is 0. The predicted octanol–water partition coefficient (Wildman–Crippen LogP) is 6.09. The van der Waals surface area contributed by atoms with E-state index in [9.17, 15) is 0 Å². The van der Waals surface area contributed by atoms with Gasteiger partial charge in [0, 0.05) is 0 Å². The average Bonchev–Trinajstić information content (AvgIpc) is 3.61. The van der Waals surface area contributed by atoms with E-state index in [0.717, 1.165) is 0 Å². The number of allylic oxidation sites excluding steroid dienone is 4. The van der Waals surface area contributed by atoms with Gasteiger partial charge in [-0.25, -0.2) is 6.08 Å². The molecule has 1 aliphatic carbocycles. The minimum atomic E-state index is 0. The van der Waals surface area contributed by atoms with Crippen molar-refractivity contribution in [1.29, 1.82) is 0 Å². The van der Waals surface area contributed by atoms with Gasteiger partial charge in [-0.3, -0.25) is 6.08 Å². The Hall–Kier alpha value is -2.44. The predicted molar refractivity (Wildman–Crippen MR) is 195 cm³/mol.